The number of allylic oxidation sites excluding steroid dienone is 4. The molecule has 2 N–H and O–H groups in total. The lowest BCUT2D eigenvalue weighted by molar-refractivity contribution is -0.137. The fraction of sp³-hybridized carbons (Fsp3) is 0.684. The van der Waals surface area contributed by atoms with Gasteiger partial charge < -0.3 is 10.2 Å². The summed E-state index contributed by atoms with van der Waals surface area (Å²) in [6.07, 6.45) is 14.6. The third-order valence-electron chi connectivity index (χ3n) is 4.36. The van der Waals surface area contributed by atoms with Gasteiger partial charge in [-0.05, 0) is 31.8 Å². The molecule has 1 aliphatic rings. The molecule has 1 aliphatic carbocycles. The van der Waals surface area contributed by atoms with Gasteiger partial charge in [-0.25, -0.2) is 0 Å². The molecule has 0 spiro atoms. The molecule has 3 unspecified atom stereocenters. The molecule has 0 aliphatic heterocycles. The van der Waals surface area contributed by atoms with E-state index in [1.54, 1.807) is 6.08 Å². The maximum Gasteiger partial charge on any atom is 0.303 e. The van der Waals surface area contributed by atoms with Crippen LogP contribution in [0.4, 0.5) is 0 Å². The van der Waals surface area contributed by atoms with Gasteiger partial charge >= 0.3 is 5.97 Å². The zero-order chi connectivity index (χ0) is 17.1. The van der Waals surface area contributed by atoms with Crippen LogP contribution < -0.4 is 0 Å². The Bertz CT molecular complexity index is 425. The molecule has 0 saturated carbocycles. The van der Waals surface area contributed by atoms with Crippen molar-refractivity contribution in [2.75, 3.05) is 0 Å². The minimum Gasteiger partial charge on any atom is -0.481 e. The molecule has 4 nitrogen and oxygen atoms in total. The molecule has 0 amide bonds. The van der Waals surface area contributed by atoms with E-state index in [0.29, 0.717) is 19.3 Å². The van der Waals surface area contributed by atoms with Gasteiger partial charge in [0.05, 0.1) is 12.0 Å². The molecule has 3 atom stereocenters. The van der Waals surface area contributed by atoms with E-state index in [4.69, 9.17) is 5.11 Å². The molecule has 130 valence electrons. The first-order valence-electron chi connectivity index (χ1n) is 8.84. The molecule has 23 heavy (non-hydrogen) atoms. The maximum atomic E-state index is 12.0. The normalized spacial score (nSPS) is 22.1. The van der Waals surface area contributed by atoms with Gasteiger partial charge in [-0.1, -0.05) is 50.8 Å². The highest BCUT2D eigenvalue weighted by molar-refractivity contribution is 5.95. The number of carbonyl (C=O) groups excluding carboxylic acids is 1. The number of hydrogen-bond acceptors (Lipinski definition) is 3. The number of aliphatic carboxylic acids is 1. The number of aliphatic hydroxyl groups excluding tert-OH is 1. The smallest absolute Gasteiger partial charge is 0.303 e. The first-order valence-corrected chi connectivity index (χ1v) is 8.84. The lowest BCUT2D eigenvalue weighted by atomic mass is 9.86. The van der Waals surface area contributed by atoms with Crippen LogP contribution in [0.15, 0.2) is 24.3 Å². The molecule has 0 saturated heterocycles. The number of carboxylic acids is 1. The van der Waals surface area contributed by atoms with E-state index in [1.165, 1.54) is 19.3 Å². The van der Waals surface area contributed by atoms with E-state index in [1.807, 2.05) is 12.2 Å². The Hall–Kier alpha value is -1.42. The zero-order valence-corrected chi connectivity index (χ0v) is 14.1. The summed E-state index contributed by atoms with van der Waals surface area (Å²) in [5.41, 5.74) is 0. The predicted molar refractivity (Wildman–Crippen MR) is 91.1 cm³/mol. The van der Waals surface area contributed by atoms with Crippen LogP contribution in [-0.4, -0.2) is 28.1 Å². The molecule has 0 radical (unpaired) electrons. The highest BCUT2D eigenvalue weighted by Crippen LogP contribution is 2.29. The number of carboxylic acid groups (broad SMARTS) is 1. The van der Waals surface area contributed by atoms with Crippen molar-refractivity contribution in [3.05, 3.63) is 24.3 Å². The fourth-order valence-corrected chi connectivity index (χ4v) is 3.01. The first kappa shape index (κ1) is 19.6. The zero-order valence-electron chi connectivity index (χ0n) is 14.1. The Labute approximate surface area is 139 Å². The Morgan fingerprint density at radius 1 is 1.26 bits per heavy atom. The molecule has 0 aromatic heterocycles. The quantitative estimate of drug-likeness (QED) is 0.422. The van der Waals surface area contributed by atoms with Gasteiger partial charge in [0.25, 0.3) is 0 Å². The van der Waals surface area contributed by atoms with Crippen LogP contribution >= 0.6 is 0 Å². The summed E-state index contributed by atoms with van der Waals surface area (Å²) < 4.78 is 0. The van der Waals surface area contributed by atoms with E-state index >= 15 is 0 Å². The van der Waals surface area contributed by atoms with Crippen LogP contribution in [0.5, 0.6) is 0 Å². The van der Waals surface area contributed by atoms with Gasteiger partial charge in [0.1, 0.15) is 0 Å². The van der Waals surface area contributed by atoms with E-state index in [2.05, 4.69) is 13.0 Å². The van der Waals surface area contributed by atoms with Gasteiger partial charge in [0.2, 0.25) is 0 Å². The summed E-state index contributed by atoms with van der Waals surface area (Å²) in [5, 5.41) is 18.9. The largest absolute Gasteiger partial charge is 0.481 e. The number of hydrogen-bond donors (Lipinski definition) is 2. The maximum absolute atomic E-state index is 12.0. The highest BCUT2D eigenvalue weighted by atomic mass is 16.4. The van der Waals surface area contributed by atoms with Crippen molar-refractivity contribution in [2.45, 2.75) is 70.8 Å². The van der Waals surface area contributed by atoms with Crippen molar-refractivity contribution in [3.63, 3.8) is 0 Å². The highest BCUT2D eigenvalue weighted by Gasteiger charge is 2.34. The third kappa shape index (κ3) is 7.60. The Morgan fingerprint density at radius 3 is 2.74 bits per heavy atom. The van der Waals surface area contributed by atoms with E-state index < -0.39 is 18.0 Å². The summed E-state index contributed by atoms with van der Waals surface area (Å²) in [6, 6.07) is 0. The summed E-state index contributed by atoms with van der Waals surface area (Å²) >= 11 is 0. The van der Waals surface area contributed by atoms with Gasteiger partial charge in [0, 0.05) is 12.3 Å². The number of carbonyl (C=O) groups is 2. The lowest BCUT2D eigenvalue weighted by Gasteiger charge is -2.21. The van der Waals surface area contributed by atoms with Gasteiger partial charge in [-0.2, -0.15) is 0 Å². The predicted octanol–water partition coefficient (Wildman–Crippen LogP) is 3.89. The Kier molecular flexibility index (Phi) is 9.53. The molecule has 0 aromatic rings. The van der Waals surface area contributed by atoms with Crippen molar-refractivity contribution in [2.24, 2.45) is 11.8 Å². The summed E-state index contributed by atoms with van der Waals surface area (Å²) in [4.78, 5) is 22.4. The number of rotatable bonds is 12. The Morgan fingerprint density at radius 2 is 2.04 bits per heavy atom. The van der Waals surface area contributed by atoms with Crippen molar-refractivity contribution in [1.29, 1.82) is 0 Å². The number of unbranched alkanes of at least 4 members (excludes halogenated alkanes) is 5. The van der Waals surface area contributed by atoms with Crippen LogP contribution in [0.1, 0.15) is 64.7 Å². The van der Waals surface area contributed by atoms with Crippen LogP contribution in [-0.2, 0) is 9.59 Å². The molecular formula is C19H30O4. The average molecular weight is 322 g/mol. The van der Waals surface area contributed by atoms with Crippen molar-refractivity contribution >= 4 is 11.8 Å². The van der Waals surface area contributed by atoms with Crippen molar-refractivity contribution in [1.82, 2.24) is 0 Å². The number of ketones is 1. The molecule has 0 aromatic carbocycles. The Balaban J connectivity index is 2.37. The lowest BCUT2D eigenvalue weighted by Crippen LogP contribution is -2.29. The standard InChI is InChI=1S/C19H30O4/c1-2-3-4-5-6-7-10-15-13-14-17(21)19(15)16(20)11-8-9-12-18(22)23/h7,10,13-16,19-20H,2-6,8-9,11-12H2,1H3,(H,22,23)/b10-7+. The van der Waals surface area contributed by atoms with Crippen molar-refractivity contribution in [3.8, 4) is 0 Å². The molecule has 0 bridgehead atoms. The monoisotopic (exact) mass is 322 g/mol. The van der Waals surface area contributed by atoms with E-state index in [0.717, 1.165) is 12.8 Å². The van der Waals surface area contributed by atoms with Crippen LogP contribution in [0.3, 0.4) is 0 Å². The average Bonchev–Trinajstić information content (AvgIpc) is 2.88. The molecule has 0 heterocycles. The topological polar surface area (TPSA) is 74.6 Å². The van der Waals surface area contributed by atoms with E-state index in [-0.39, 0.29) is 18.1 Å². The van der Waals surface area contributed by atoms with Crippen LogP contribution in [0.25, 0.3) is 0 Å². The first-order chi connectivity index (χ1) is 11.1. The third-order valence-corrected chi connectivity index (χ3v) is 4.36. The van der Waals surface area contributed by atoms with Gasteiger partial charge in [-0.15, -0.1) is 0 Å². The minimum atomic E-state index is -0.818. The van der Waals surface area contributed by atoms with Crippen molar-refractivity contribution < 1.29 is 19.8 Å². The molecule has 0 fully saturated rings. The summed E-state index contributed by atoms with van der Waals surface area (Å²) in [7, 11) is 0. The second-order valence-electron chi connectivity index (χ2n) is 6.35. The molecular weight excluding hydrogens is 292 g/mol. The SMILES string of the molecule is CCCCCC/C=C/C1C=CC(=O)C1C(O)CCCCC(=O)O. The number of aliphatic hydroxyl groups is 1. The summed E-state index contributed by atoms with van der Waals surface area (Å²) in [6.45, 7) is 2.19. The summed E-state index contributed by atoms with van der Waals surface area (Å²) in [5.74, 6) is -1.26. The minimum absolute atomic E-state index is 0.0173. The molecule has 4 heteroatoms. The van der Waals surface area contributed by atoms with Crippen LogP contribution in [0.2, 0.25) is 0 Å². The van der Waals surface area contributed by atoms with E-state index in [9.17, 15) is 14.7 Å². The molecule has 1 rings (SSSR count). The van der Waals surface area contributed by atoms with Gasteiger partial charge in [-0.3, -0.25) is 9.59 Å². The van der Waals surface area contributed by atoms with Gasteiger partial charge in [0.15, 0.2) is 5.78 Å². The fourth-order valence-electron chi connectivity index (χ4n) is 3.01. The second-order valence-corrected chi connectivity index (χ2v) is 6.35. The van der Waals surface area contributed by atoms with Crippen LogP contribution in [0, 0.1) is 11.8 Å². The second kappa shape index (κ2) is 11.2.